The number of hydrogen-bond donors (Lipinski definition) is 3. The molecule has 0 heterocycles. The average Bonchev–Trinajstić information content (AvgIpc) is 2.50. The zero-order chi connectivity index (χ0) is 19.9. The van der Waals surface area contributed by atoms with Gasteiger partial charge in [-0.3, -0.25) is 9.59 Å². The quantitative estimate of drug-likeness (QED) is 0.656. The van der Waals surface area contributed by atoms with Crippen molar-refractivity contribution in [3.63, 3.8) is 0 Å². The zero-order valence-electron chi connectivity index (χ0n) is 17.4. The minimum absolute atomic E-state index is 0.0235. The fourth-order valence-electron chi connectivity index (χ4n) is 2.89. The van der Waals surface area contributed by atoms with E-state index in [-0.39, 0.29) is 42.4 Å². The number of likely N-dealkylation sites (N-methyl/N-ethyl adjacent to an activating group) is 1. The van der Waals surface area contributed by atoms with E-state index in [2.05, 4.69) is 55.7 Å². The molecule has 1 aromatic rings. The Hall–Kier alpha value is -1.88. The van der Waals surface area contributed by atoms with Crippen LogP contribution < -0.4 is 15.5 Å². The molecule has 0 radical (unpaired) electrons. The molecular weight excluding hydrogens is 326 g/mol. The van der Waals surface area contributed by atoms with Crippen molar-refractivity contribution in [2.45, 2.75) is 59.5 Å². The number of quaternary nitrogens is 1. The van der Waals surface area contributed by atoms with Gasteiger partial charge in [0.1, 0.15) is 0 Å². The summed E-state index contributed by atoms with van der Waals surface area (Å²) in [4.78, 5) is 25.3. The molecule has 0 aromatic heterocycles. The normalized spacial score (nSPS) is 14.0. The Morgan fingerprint density at radius 1 is 1.04 bits per heavy atom. The van der Waals surface area contributed by atoms with Crippen molar-refractivity contribution in [2.75, 3.05) is 20.1 Å². The molecule has 1 unspecified atom stereocenters. The molecule has 146 valence electrons. The molecule has 0 bridgehead atoms. The lowest BCUT2D eigenvalue weighted by Gasteiger charge is -2.24. The molecule has 0 aliphatic carbocycles. The Morgan fingerprint density at radius 2 is 1.58 bits per heavy atom. The van der Waals surface area contributed by atoms with Gasteiger partial charge in [-0.15, -0.1) is 0 Å². The van der Waals surface area contributed by atoms with Crippen LogP contribution in [0, 0.1) is 5.92 Å². The number of aryl methyl sites for hydroxylation is 1. The number of carbonyl (C=O) groups excluding carboxylic acids is 2. The van der Waals surface area contributed by atoms with Crippen molar-refractivity contribution in [1.82, 2.24) is 10.6 Å². The smallest absolute Gasteiger partial charge is 0.275 e. The summed E-state index contributed by atoms with van der Waals surface area (Å²) >= 11 is 0. The molecule has 0 fully saturated rings. The first-order valence-corrected chi connectivity index (χ1v) is 9.52. The van der Waals surface area contributed by atoms with Crippen molar-refractivity contribution in [1.29, 1.82) is 0 Å². The first-order valence-electron chi connectivity index (χ1n) is 9.52. The number of amides is 2. The summed E-state index contributed by atoms with van der Waals surface area (Å²) in [6, 6.07) is 8.40. The number of rotatable bonds is 8. The Labute approximate surface area is 158 Å². The van der Waals surface area contributed by atoms with Crippen molar-refractivity contribution in [3.05, 3.63) is 35.4 Å². The van der Waals surface area contributed by atoms with Gasteiger partial charge in [0, 0.05) is 5.54 Å². The van der Waals surface area contributed by atoms with Gasteiger partial charge < -0.3 is 15.5 Å². The monoisotopic (exact) mass is 362 g/mol. The summed E-state index contributed by atoms with van der Waals surface area (Å²) in [5.74, 6) is 0.207. The molecule has 26 heavy (non-hydrogen) atoms. The van der Waals surface area contributed by atoms with E-state index in [1.165, 1.54) is 5.56 Å². The van der Waals surface area contributed by atoms with Gasteiger partial charge in [-0.1, -0.05) is 45.0 Å². The minimum atomic E-state index is -0.257. The predicted octanol–water partition coefficient (Wildman–Crippen LogP) is 1.49. The summed E-state index contributed by atoms with van der Waals surface area (Å²) in [5.41, 5.74) is 2.15. The number of hydrogen-bond acceptors (Lipinski definition) is 2. The van der Waals surface area contributed by atoms with Crippen molar-refractivity contribution in [2.24, 2.45) is 5.92 Å². The Morgan fingerprint density at radius 3 is 2.04 bits per heavy atom. The summed E-state index contributed by atoms with van der Waals surface area (Å²) < 4.78 is 0. The molecule has 2 atom stereocenters. The second kappa shape index (κ2) is 9.72. The summed E-state index contributed by atoms with van der Waals surface area (Å²) in [5, 5.41) is 6.06. The van der Waals surface area contributed by atoms with Crippen LogP contribution in [0.5, 0.6) is 0 Å². The highest BCUT2D eigenvalue weighted by Crippen LogP contribution is 2.22. The lowest BCUT2D eigenvalue weighted by Crippen LogP contribution is -3.11. The fourth-order valence-corrected chi connectivity index (χ4v) is 2.89. The third-order valence-corrected chi connectivity index (χ3v) is 4.17. The molecule has 1 rings (SSSR count). The van der Waals surface area contributed by atoms with Gasteiger partial charge in [-0.05, 0) is 44.2 Å². The second-order valence-corrected chi connectivity index (χ2v) is 8.49. The maximum absolute atomic E-state index is 12.5. The summed E-state index contributed by atoms with van der Waals surface area (Å²) in [7, 11) is 1.86. The molecule has 2 amide bonds. The lowest BCUT2D eigenvalue weighted by atomic mass is 9.95. The molecule has 5 heteroatoms. The SMILES string of the molecule is CCc1ccc([C@H](NC(=O)C[NH+](C)CC(=O)NC(C)(C)C)C(C)C)cc1. The van der Waals surface area contributed by atoms with E-state index in [9.17, 15) is 9.59 Å². The largest absolute Gasteiger partial charge is 0.347 e. The van der Waals surface area contributed by atoms with E-state index in [0.717, 1.165) is 16.9 Å². The first kappa shape index (κ1) is 22.2. The minimum Gasteiger partial charge on any atom is -0.347 e. The first-order chi connectivity index (χ1) is 12.0. The number of carbonyl (C=O) groups is 2. The van der Waals surface area contributed by atoms with Crippen molar-refractivity contribution < 1.29 is 14.5 Å². The van der Waals surface area contributed by atoms with E-state index >= 15 is 0 Å². The van der Waals surface area contributed by atoms with Gasteiger partial charge in [-0.2, -0.15) is 0 Å². The van der Waals surface area contributed by atoms with Crippen molar-refractivity contribution in [3.8, 4) is 0 Å². The van der Waals surface area contributed by atoms with Gasteiger partial charge in [0.25, 0.3) is 11.8 Å². The zero-order valence-corrected chi connectivity index (χ0v) is 17.4. The molecule has 1 aromatic carbocycles. The van der Waals surface area contributed by atoms with E-state index in [1.807, 2.05) is 27.8 Å². The maximum Gasteiger partial charge on any atom is 0.275 e. The van der Waals surface area contributed by atoms with Gasteiger partial charge >= 0.3 is 0 Å². The van der Waals surface area contributed by atoms with Crippen LogP contribution >= 0.6 is 0 Å². The Bertz CT molecular complexity index is 588. The Kier molecular flexibility index (Phi) is 8.28. The van der Waals surface area contributed by atoms with Crippen LogP contribution in [0.25, 0.3) is 0 Å². The van der Waals surface area contributed by atoms with Crippen LogP contribution in [0.2, 0.25) is 0 Å². The average molecular weight is 363 g/mol. The number of nitrogens with one attached hydrogen (secondary N) is 3. The van der Waals surface area contributed by atoms with E-state index in [0.29, 0.717) is 0 Å². The van der Waals surface area contributed by atoms with Gasteiger partial charge in [0.15, 0.2) is 13.1 Å². The maximum atomic E-state index is 12.5. The van der Waals surface area contributed by atoms with Gasteiger partial charge in [0.2, 0.25) is 0 Å². The summed E-state index contributed by atoms with van der Waals surface area (Å²) in [6.45, 7) is 12.7. The molecule has 0 aliphatic rings. The Balaban J connectivity index is 2.63. The predicted molar refractivity (Wildman–Crippen MR) is 106 cm³/mol. The van der Waals surface area contributed by atoms with Gasteiger partial charge in [0.05, 0.1) is 13.1 Å². The van der Waals surface area contributed by atoms with Crippen LogP contribution in [0.3, 0.4) is 0 Å². The standard InChI is InChI=1S/C21H35N3O2/c1-8-16-9-11-17(12-10-16)20(15(2)3)22-18(25)13-24(7)14-19(26)23-21(4,5)6/h9-12,15,20H,8,13-14H2,1-7H3,(H,22,25)(H,23,26)/p+1/t20-/m1/s1. The highest BCUT2D eigenvalue weighted by Gasteiger charge is 2.22. The molecule has 0 spiro atoms. The molecule has 0 saturated carbocycles. The third-order valence-electron chi connectivity index (χ3n) is 4.17. The number of benzene rings is 1. The fraction of sp³-hybridized carbons (Fsp3) is 0.619. The highest BCUT2D eigenvalue weighted by molar-refractivity contribution is 5.79. The van der Waals surface area contributed by atoms with Crippen LogP contribution in [0.4, 0.5) is 0 Å². The molecular formula is C21H36N3O2+. The van der Waals surface area contributed by atoms with Gasteiger partial charge in [-0.25, -0.2) is 0 Å². The highest BCUT2D eigenvalue weighted by atomic mass is 16.2. The van der Waals surface area contributed by atoms with E-state index < -0.39 is 0 Å². The molecule has 3 N–H and O–H groups in total. The lowest BCUT2D eigenvalue weighted by molar-refractivity contribution is -0.862. The van der Waals surface area contributed by atoms with Crippen LogP contribution in [0.15, 0.2) is 24.3 Å². The van der Waals surface area contributed by atoms with Crippen molar-refractivity contribution >= 4 is 11.8 Å². The molecule has 0 saturated heterocycles. The van der Waals surface area contributed by atoms with Crippen LogP contribution in [0.1, 0.15) is 58.7 Å². The van der Waals surface area contributed by atoms with Crippen LogP contribution in [-0.4, -0.2) is 37.5 Å². The third kappa shape index (κ3) is 8.00. The topological polar surface area (TPSA) is 62.6 Å². The van der Waals surface area contributed by atoms with Crippen LogP contribution in [-0.2, 0) is 16.0 Å². The van der Waals surface area contributed by atoms with E-state index in [1.54, 1.807) is 0 Å². The second-order valence-electron chi connectivity index (χ2n) is 8.49. The molecule has 5 nitrogen and oxygen atoms in total. The summed E-state index contributed by atoms with van der Waals surface area (Å²) in [6.07, 6.45) is 1.00. The van der Waals surface area contributed by atoms with E-state index in [4.69, 9.17) is 0 Å². The molecule has 0 aliphatic heterocycles.